The molecule has 2 bridgehead atoms. The minimum atomic E-state index is -1.13. The maximum Gasteiger partial charge on any atom is 0.338 e. The lowest BCUT2D eigenvalue weighted by Gasteiger charge is -2.60. The van der Waals surface area contributed by atoms with Crippen LogP contribution in [0.15, 0.2) is 30.3 Å². The van der Waals surface area contributed by atoms with Crippen molar-refractivity contribution in [2.75, 3.05) is 19.7 Å². The molecule has 3 unspecified atom stereocenters. The van der Waals surface area contributed by atoms with Crippen molar-refractivity contribution >= 4 is 16.9 Å². The van der Waals surface area contributed by atoms with Crippen LogP contribution in [0.2, 0.25) is 0 Å². The Morgan fingerprint density at radius 3 is 2.49 bits per heavy atom. The number of ether oxygens (including phenoxy) is 1. The number of fused-ring (bicyclic) bond motifs is 5. The standard InChI is InChI=1S/C30H36N2O5.2C2H6/c1-4-37-28(35)20-7-9-21-17(2)23(31-22(21)13-20)15-30-11-12-32(16-18-5-6-18)25(29(30,3)36)14-19-8-10-24(33)27(34)26(19)30;2*1-2/h7-10,13,18,25,31,33-34,36H,4-6,11-12,14-16H2,1-3H3;2*1-2H3. The van der Waals surface area contributed by atoms with Crippen molar-refractivity contribution in [3.05, 3.63) is 58.3 Å². The molecule has 41 heavy (non-hydrogen) atoms. The predicted octanol–water partition coefficient (Wildman–Crippen LogP) is 6.39. The quantitative estimate of drug-likeness (QED) is 0.204. The molecule has 2 heterocycles. The van der Waals surface area contributed by atoms with Crippen LogP contribution >= 0.6 is 0 Å². The van der Waals surface area contributed by atoms with Crippen LogP contribution in [0.5, 0.6) is 11.5 Å². The highest BCUT2D eigenvalue weighted by molar-refractivity contribution is 5.95. The molecule has 3 aliphatic rings. The van der Waals surface area contributed by atoms with Gasteiger partial charge >= 0.3 is 5.97 Å². The van der Waals surface area contributed by atoms with Crippen LogP contribution in [0, 0.1) is 12.8 Å². The zero-order chi connectivity index (χ0) is 30.1. The number of rotatable bonds is 6. The first-order chi connectivity index (χ1) is 19.7. The summed E-state index contributed by atoms with van der Waals surface area (Å²) in [6.07, 6.45) is 4.29. The number of aromatic hydroxyl groups is 2. The summed E-state index contributed by atoms with van der Waals surface area (Å²) >= 11 is 0. The number of aryl methyl sites for hydroxylation is 1. The van der Waals surface area contributed by atoms with Gasteiger partial charge in [0.15, 0.2) is 11.5 Å². The maximum absolute atomic E-state index is 12.4. The molecule has 1 saturated heterocycles. The Morgan fingerprint density at radius 1 is 1.12 bits per heavy atom. The minimum Gasteiger partial charge on any atom is -0.504 e. The topological polar surface area (TPSA) is 106 Å². The first-order valence-corrected chi connectivity index (χ1v) is 15.5. The molecule has 7 heteroatoms. The van der Waals surface area contributed by atoms with Crippen LogP contribution in [0.25, 0.3) is 10.9 Å². The van der Waals surface area contributed by atoms with E-state index in [1.165, 1.54) is 12.8 Å². The van der Waals surface area contributed by atoms with Gasteiger partial charge in [-0.15, -0.1) is 0 Å². The van der Waals surface area contributed by atoms with E-state index in [9.17, 15) is 20.1 Å². The Labute approximate surface area is 244 Å². The number of hydrogen-bond donors (Lipinski definition) is 4. The number of piperidine rings is 1. The molecule has 1 saturated carbocycles. The van der Waals surface area contributed by atoms with Crippen molar-refractivity contribution in [2.24, 2.45) is 5.92 Å². The summed E-state index contributed by atoms with van der Waals surface area (Å²) in [5.41, 5.74) is 3.10. The van der Waals surface area contributed by atoms with E-state index in [1.807, 2.05) is 52.8 Å². The largest absolute Gasteiger partial charge is 0.504 e. The van der Waals surface area contributed by atoms with Crippen LogP contribution in [-0.4, -0.2) is 62.5 Å². The molecule has 6 rings (SSSR count). The SMILES string of the molecule is CC.CC.CCOC(=O)c1ccc2c(C)c(CC34CCN(CC5CC5)C(Cc5ccc(O)c(O)c53)C4(C)O)[nH]c2c1. The highest BCUT2D eigenvalue weighted by Gasteiger charge is 2.61. The van der Waals surface area contributed by atoms with E-state index in [2.05, 4.69) is 16.8 Å². The molecule has 0 spiro atoms. The van der Waals surface area contributed by atoms with Gasteiger partial charge in [-0.25, -0.2) is 4.79 Å². The second kappa shape index (κ2) is 12.1. The molecular weight excluding hydrogens is 516 g/mol. The van der Waals surface area contributed by atoms with Crippen LogP contribution < -0.4 is 0 Å². The molecule has 1 aliphatic heterocycles. The van der Waals surface area contributed by atoms with E-state index in [0.29, 0.717) is 42.9 Å². The molecule has 224 valence electrons. The molecule has 0 radical (unpaired) electrons. The summed E-state index contributed by atoms with van der Waals surface area (Å²) in [6.45, 7) is 15.9. The van der Waals surface area contributed by atoms with E-state index in [1.54, 1.807) is 19.1 Å². The lowest BCUT2D eigenvalue weighted by molar-refractivity contribution is -0.136. The molecule has 0 amide bonds. The molecule has 1 aromatic heterocycles. The van der Waals surface area contributed by atoms with Gasteiger partial charge in [0.05, 0.1) is 17.8 Å². The van der Waals surface area contributed by atoms with Gasteiger partial charge < -0.3 is 25.0 Å². The van der Waals surface area contributed by atoms with Gasteiger partial charge in [-0.05, 0) is 88.2 Å². The van der Waals surface area contributed by atoms with Crippen molar-refractivity contribution in [1.29, 1.82) is 0 Å². The molecule has 3 atom stereocenters. The van der Waals surface area contributed by atoms with Crippen molar-refractivity contribution in [3.63, 3.8) is 0 Å². The van der Waals surface area contributed by atoms with Crippen molar-refractivity contribution in [1.82, 2.24) is 9.88 Å². The normalized spacial score (nSPS) is 24.9. The van der Waals surface area contributed by atoms with Gasteiger partial charge in [0.1, 0.15) is 0 Å². The number of aliphatic hydroxyl groups is 1. The number of H-pyrrole nitrogens is 1. The second-order valence-corrected chi connectivity index (χ2v) is 11.5. The zero-order valence-corrected chi connectivity index (χ0v) is 25.8. The van der Waals surface area contributed by atoms with E-state index >= 15 is 0 Å². The molecular formula is C34H48N2O5. The summed E-state index contributed by atoms with van der Waals surface area (Å²) in [4.78, 5) is 18.3. The molecule has 2 aromatic carbocycles. The van der Waals surface area contributed by atoms with Gasteiger partial charge in [0.25, 0.3) is 0 Å². The average molecular weight is 565 g/mol. The average Bonchev–Trinajstić information content (AvgIpc) is 3.73. The first kappa shape index (κ1) is 30.9. The Hall–Kier alpha value is -3.03. The fraction of sp³-hybridized carbons (Fsp3) is 0.559. The highest BCUT2D eigenvalue weighted by Crippen LogP contribution is 2.57. The minimum absolute atomic E-state index is 0.0709. The van der Waals surface area contributed by atoms with Crippen molar-refractivity contribution < 1.29 is 24.9 Å². The molecule has 4 N–H and O–H groups in total. The number of aromatic amines is 1. The third-order valence-electron chi connectivity index (χ3n) is 9.36. The number of hydrogen-bond acceptors (Lipinski definition) is 6. The summed E-state index contributed by atoms with van der Waals surface area (Å²) in [6, 6.07) is 8.94. The second-order valence-electron chi connectivity index (χ2n) is 11.5. The molecule has 2 fully saturated rings. The number of nitrogens with one attached hydrogen (secondary N) is 1. The van der Waals surface area contributed by atoms with Crippen LogP contribution in [0.4, 0.5) is 0 Å². The third kappa shape index (κ3) is 5.23. The Morgan fingerprint density at radius 2 is 1.83 bits per heavy atom. The van der Waals surface area contributed by atoms with Gasteiger partial charge in [0.2, 0.25) is 0 Å². The number of phenols is 2. The van der Waals surface area contributed by atoms with E-state index < -0.39 is 11.0 Å². The van der Waals surface area contributed by atoms with Crippen molar-refractivity contribution in [2.45, 2.75) is 97.6 Å². The molecule has 7 nitrogen and oxygen atoms in total. The van der Waals surface area contributed by atoms with Gasteiger partial charge in [-0.2, -0.15) is 0 Å². The number of carbonyl (C=O) groups is 1. The van der Waals surface area contributed by atoms with E-state index in [0.717, 1.165) is 40.8 Å². The Balaban J connectivity index is 0.000000929. The fourth-order valence-electron chi connectivity index (χ4n) is 7.08. The number of aromatic nitrogens is 1. The Kier molecular flexibility index (Phi) is 9.10. The number of likely N-dealkylation sites (tertiary alicyclic amines) is 1. The predicted molar refractivity (Wildman–Crippen MR) is 164 cm³/mol. The zero-order valence-electron chi connectivity index (χ0n) is 25.8. The Bertz CT molecular complexity index is 1390. The summed E-state index contributed by atoms with van der Waals surface area (Å²) in [7, 11) is 0. The van der Waals surface area contributed by atoms with E-state index in [4.69, 9.17) is 4.74 Å². The summed E-state index contributed by atoms with van der Waals surface area (Å²) < 4.78 is 5.18. The number of carbonyl (C=O) groups excluding carboxylic acids is 1. The highest BCUT2D eigenvalue weighted by atomic mass is 16.5. The first-order valence-electron chi connectivity index (χ1n) is 15.5. The lowest BCUT2D eigenvalue weighted by Crippen LogP contribution is -2.71. The number of esters is 1. The number of benzene rings is 2. The third-order valence-corrected chi connectivity index (χ3v) is 9.36. The van der Waals surface area contributed by atoms with Crippen LogP contribution in [-0.2, 0) is 23.0 Å². The smallest absolute Gasteiger partial charge is 0.338 e. The molecule has 2 aliphatic carbocycles. The van der Waals surface area contributed by atoms with Crippen LogP contribution in [0.3, 0.4) is 0 Å². The van der Waals surface area contributed by atoms with Crippen molar-refractivity contribution in [3.8, 4) is 11.5 Å². The van der Waals surface area contributed by atoms with Gasteiger partial charge in [-0.1, -0.05) is 39.8 Å². The monoisotopic (exact) mass is 564 g/mol. The summed E-state index contributed by atoms with van der Waals surface area (Å²) in [5.74, 6) is 0.0835. The van der Waals surface area contributed by atoms with Gasteiger partial charge in [-0.3, -0.25) is 4.90 Å². The number of nitrogens with zero attached hydrogens (tertiary/aromatic N) is 1. The lowest BCUT2D eigenvalue weighted by atomic mass is 9.53. The maximum atomic E-state index is 12.4. The number of phenolic OH excluding ortho intramolecular Hbond substituents is 2. The summed E-state index contributed by atoms with van der Waals surface area (Å²) in [5, 5.41) is 35.1. The fourth-order valence-corrected chi connectivity index (χ4v) is 7.08. The van der Waals surface area contributed by atoms with E-state index in [-0.39, 0.29) is 23.5 Å². The van der Waals surface area contributed by atoms with Crippen LogP contribution in [0.1, 0.15) is 93.5 Å². The molecule has 3 aromatic rings. The van der Waals surface area contributed by atoms with Gasteiger partial charge in [0, 0.05) is 46.6 Å².